The number of fused-ring (bicyclic) bond motifs is 1. The molecule has 9 heteroatoms. The van der Waals surface area contributed by atoms with Gasteiger partial charge in [0.05, 0.1) is 27.4 Å². The number of hydrogen-bond acceptors (Lipinski definition) is 2. The molecule has 138 valence electrons. The van der Waals surface area contributed by atoms with E-state index in [1.807, 2.05) is 0 Å². The molecule has 27 heavy (non-hydrogen) atoms. The molecule has 1 aromatic carbocycles. The van der Waals surface area contributed by atoms with E-state index in [9.17, 15) is 17.6 Å². The molecule has 0 saturated heterocycles. The van der Waals surface area contributed by atoms with Crippen molar-refractivity contribution in [3.8, 4) is 22.6 Å². The van der Waals surface area contributed by atoms with Crippen LogP contribution in [0.5, 0.6) is 0 Å². The van der Waals surface area contributed by atoms with Gasteiger partial charge in [0.15, 0.2) is 5.69 Å². The largest absolute Gasteiger partial charge is 0.435 e. The van der Waals surface area contributed by atoms with Gasteiger partial charge in [0.1, 0.15) is 5.82 Å². The van der Waals surface area contributed by atoms with Crippen LogP contribution in [0.15, 0.2) is 42.5 Å². The van der Waals surface area contributed by atoms with Crippen LogP contribution in [-0.2, 0) is 13.2 Å². The van der Waals surface area contributed by atoms with Crippen LogP contribution in [0.3, 0.4) is 0 Å². The van der Waals surface area contributed by atoms with Crippen molar-refractivity contribution >= 4 is 22.6 Å². The SMILES string of the molecule is Cn1nc(C(F)(F)F)cc1-c1ccc2[nH]c(-c3cc(F)ccc3Cl)cc2n1. The molecule has 0 spiro atoms. The maximum Gasteiger partial charge on any atom is 0.435 e. The number of rotatable bonds is 2. The number of aryl methyl sites for hydroxylation is 1. The van der Waals surface area contributed by atoms with E-state index < -0.39 is 17.7 Å². The molecule has 4 aromatic rings. The quantitative estimate of drug-likeness (QED) is 0.460. The average Bonchev–Trinajstić information content (AvgIpc) is 3.19. The zero-order valence-electron chi connectivity index (χ0n) is 13.8. The highest BCUT2D eigenvalue weighted by atomic mass is 35.5. The maximum atomic E-state index is 13.5. The van der Waals surface area contributed by atoms with Crippen LogP contribution in [0.1, 0.15) is 5.69 Å². The lowest BCUT2D eigenvalue weighted by atomic mass is 10.1. The van der Waals surface area contributed by atoms with Crippen molar-refractivity contribution in [2.24, 2.45) is 7.05 Å². The van der Waals surface area contributed by atoms with Crippen molar-refractivity contribution < 1.29 is 17.6 Å². The van der Waals surface area contributed by atoms with Gasteiger partial charge in [-0.05, 0) is 42.5 Å². The number of aromatic nitrogens is 4. The molecule has 0 aliphatic heterocycles. The number of aromatic amines is 1. The van der Waals surface area contributed by atoms with Crippen LogP contribution < -0.4 is 0 Å². The van der Waals surface area contributed by atoms with Gasteiger partial charge in [0.2, 0.25) is 0 Å². The van der Waals surface area contributed by atoms with Crippen LogP contribution in [0.25, 0.3) is 33.7 Å². The molecule has 0 fully saturated rings. The summed E-state index contributed by atoms with van der Waals surface area (Å²) in [5, 5.41) is 3.86. The zero-order valence-corrected chi connectivity index (χ0v) is 14.5. The minimum Gasteiger partial charge on any atom is -0.353 e. The molecule has 4 rings (SSSR count). The summed E-state index contributed by atoms with van der Waals surface area (Å²) in [7, 11) is 1.42. The second-order valence-electron chi connectivity index (χ2n) is 5.97. The number of benzene rings is 1. The number of nitrogens with one attached hydrogen (secondary N) is 1. The van der Waals surface area contributed by atoms with E-state index in [1.165, 1.54) is 25.2 Å². The van der Waals surface area contributed by atoms with Crippen LogP contribution in [0.2, 0.25) is 5.02 Å². The molecule has 0 radical (unpaired) electrons. The summed E-state index contributed by atoms with van der Waals surface area (Å²) in [6, 6.07) is 9.90. The molecule has 1 N–H and O–H groups in total. The molecule has 0 amide bonds. The summed E-state index contributed by atoms with van der Waals surface area (Å²) in [5.41, 5.74) is 1.77. The molecule has 3 heterocycles. The second kappa shape index (κ2) is 6.09. The molecule has 0 aliphatic carbocycles. The molecule has 0 aliphatic rings. The first-order valence-corrected chi connectivity index (χ1v) is 8.17. The highest BCUT2D eigenvalue weighted by Crippen LogP contribution is 2.33. The Kier molecular flexibility index (Phi) is 3.96. The highest BCUT2D eigenvalue weighted by molar-refractivity contribution is 6.33. The molecular weight excluding hydrogens is 384 g/mol. The number of nitrogens with zero attached hydrogens (tertiary/aromatic N) is 3. The van der Waals surface area contributed by atoms with Crippen LogP contribution in [0.4, 0.5) is 17.6 Å². The predicted octanol–water partition coefficient (Wildman–Crippen LogP) is 5.44. The average molecular weight is 395 g/mol. The fraction of sp³-hybridized carbons (Fsp3) is 0.111. The van der Waals surface area contributed by atoms with Crippen molar-refractivity contribution in [2.45, 2.75) is 6.18 Å². The first-order chi connectivity index (χ1) is 12.7. The normalized spacial score (nSPS) is 12.1. The minimum atomic E-state index is -4.53. The standard InChI is InChI=1S/C18H11ClF4N4/c1-27-16(8-17(26-27)18(21,22)23)13-5-4-12-15(25-13)7-14(24-12)10-6-9(20)2-3-11(10)19/h2-8,24H,1H3. The summed E-state index contributed by atoms with van der Waals surface area (Å²) in [6.45, 7) is 0. The van der Waals surface area contributed by atoms with Gasteiger partial charge in [-0.2, -0.15) is 18.3 Å². The van der Waals surface area contributed by atoms with Crippen molar-refractivity contribution in [1.82, 2.24) is 19.7 Å². The lowest BCUT2D eigenvalue weighted by molar-refractivity contribution is -0.141. The number of alkyl halides is 3. The summed E-state index contributed by atoms with van der Waals surface area (Å²) in [4.78, 5) is 7.49. The Balaban J connectivity index is 1.80. The fourth-order valence-electron chi connectivity index (χ4n) is 2.85. The molecule has 3 aromatic heterocycles. The fourth-order valence-corrected chi connectivity index (χ4v) is 3.07. The monoisotopic (exact) mass is 394 g/mol. The first-order valence-electron chi connectivity index (χ1n) is 7.79. The van der Waals surface area contributed by atoms with Crippen molar-refractivity contribution in [3.05, 3.63) is 59.0 Å². The molecule has 0 bridgehead atoms. The third-order valence-corrected chi connectivity index (χ3v) is 4.46. The molecule has 0 atom stereocenters. The predicted molar refractivity (Wildman–Crippen MR) is 93.7 cm³/mol. The van der Waals surface area contributed by atoms with Gasteiger partial charge in [0.25, 0.3) is 0 Å². The van der Waals surface area contributed by atoms with E-state index in [2.05, 4.69) is 15.1 Å². The molecular formula is C18H11ClF4N4. The smallest absolute Gasteiger partial charge is 0.353 e. The zero-order chi connectivity index (χ0) is 19.3. The highest BCUT2D eigenvalue weighted by Gasteiger charge is 2.34. The van der Waals surface area contributed by atoms with Crippen molar-refractivity contribution in [2.75, 3.05) is 0 Å². The van der Waals surface area contributed by atoms with Gasteiger partial charge in [-0.3, -0.25) is 4.68 Å². The summed E-state index contributed by atoms with van der Waals surface area (Å²) < 4.78 is 53.3. The topological polar surface area (TPSA) is 46.5 Å². The Hall–Kier alpha value is -2.87. The van der Waals surface area contributed by atoms with Gasteiger partial charge < -0.3 is 4.98 Å². The Morgan fingerprint density at radius 3 is 2.56 bits per heavy atom. The van der Waals surface area contributed by atoms with Gasteiger partial charge in [0, 0.05) is 18.3 Å². The summed E-state index contributed by atoms with van der Waals surface area (Å²) in [6.07, 6.45) is -4.53. The van der Waals surface area contributed by atoms with Crippen LogP contribution in [0, 0.1) is 5.82 Å². The van der Waals surface area contributed by atoms with E-state index in [-0.39, 0.29) is 5.69 Å². The lowest BCUT2D eigenvalue weighted by Gasteiger charge is -2.01. The maximum absolute atomic E-state index is 13.5. The molecule has 0 saturated carbocycles. The van der Waals surface area contributed by atoms with Gasteiger partial charge in [-0.15, -0.1) is 0 Å². The summed E-state index contributed by atoms with van der Waals surface area (Å²) >= 11 is 6.13. The van der Waals surface area contributed by atoms with E-state index in [0.29, 0.717) is 33.0 Å². The minimum absolute atomic E-state index is 0.232. The molecule has 4 nitrogen and oxygen atoms in total. The molecule has 0 unspecified atom stereocenters. The van der Waals surface area contributed by atoms with E-state index in [1.54, 1.807) is 18.2 Å². The van der Waals surface area contributed by atoms with Gasteiger partial charge >= 0.3 is 6.18 Å². The van der Waals surface area contributed by atoms with Gasteiger partial charge in [-0.1, -0.05) is 11.6 Å². The van der Waals surface area contributed by atoms with E-state index >= 15 is 0 Å². The second-order valence-corrected chi connectivity index (χ2v) is 6.38. The van der Waals surface area contributed by atoms with E-state index in [0.717, 1.165) is 10.7 Å². The van der Waals surface area contributed by atoms with E-state index in [4.69, 9.17) is 11.6 Å². The Labute approximate surface area is 155 Å². The van der Waals surface area contributed by atoms with Crippen molar-refractivity contribution in [3.63, 3.8) is 0 Å². The third-order valence-electron chi connectivity index (χ3n) is 4.13. The lowest BCUT2D eigenvalue weighted by Crippen LogP contribution is -2.06. The number of H-pyrrole nitrogens is 1. The Morgan fingerprint density at radius 1 is 1.07 bits per heavy atom. The Morgan fingerprint density at radius 2 is 1.85 bits per heavy atom. The number of pyridine rings is 1. The van der Waals surface area contributed by atoms with Crippen LogP contribution in [-0.4, -0.2) is 19.7 Å². The first kappa shape index (κ1) is 17.5. The third kappa shape index (κ3) is 3.16. The van der Waals surface area contributed by atoms with Gasteiger partial charge in [-0.25, -0.2) is 9.37 Å². The number of hydrogen-bond donors (Lipinski definition) is 1. The summed E-state index contributed by atoms with van der Waals surface area (Å²) in [5.74, 6) is -0.434. The van der Waals surface area contributed by atoms with Crippen LogP contribution >= 0.6 is 11.6 Å². The Bertz CT molecular complexity index is 1160. The van der Waals surface area contributed by atoms with Crippen molar-refractivity contribution in [1.29, 1.82) is 0 Å². The number of halogens is 5.